The maximum absolute atomic E-state index is 11.4. The molecule has 0 spiro atoms. The number of anilines is 1. The minimum Gasteiger partial charge on any atom is -0.283 e. The highest BCUT2D eigenvalue weighted by molar-refractivity contribution is 9.10. The molecule has 1 aromatic carbocycles. The van der Waals surface area contributed by atoms with Crippen molar-refractivity contribution in [2.45, 2.75) is 20.3 Å². The number of hydrogen-bond acceptors (Lipinski definition) is 2. The summed E-state index contributed by atoms with van der Waals surface area (Å²) in [5, 5.41) is 0. The van der Waals surface area contributed by atoms with E-state index in [0.29, 0.717) is 5.69 Å². The molecule has 3 nitrogen and oxygen atoms in total. The number of nitrogens with one attached hydrogen (secondary N) is 1. The molecule has 5 heteroatoms. The topological polar surface area (TPSA) is 46.2 Å². The number of halogens is 1. The van der Waals surface area contributed by atoms with Gasteiger partial charge in [-0.1, -0.05) is 22.9 Å². The zero-order valence-electron chi connectivity index (χ0n) is 8.75. The second-order valence-electron chi connectivity index (χ2n) is 3.16. The molecule has 0 fully saturated rings. The Morgan fingerprint density at radius 3 is 2.53 bits per heavy atom. The van der Waals surface area contributed by atoms with E-state index < -0.39 is 10.0 Å². The van der Waals surface area contributed by atoms with Crippen LogP contribution in [0.3, 0.4) is 0 Å². The number of sulfonamides is 1. The van der Waals surface area contributed by atoms with Gasteiger partial charge in [-0.25, -0.2) is 8.42 Å². The summed E-state index contributed by atoms with van der Waals surface area (Å²) in [6.45, 7) is 3.61. The van der Waals surface area contributed by atoms with Crippen molar-refractivity contribution in [1.82, 2.24) is 0 Å². The minimum atomic E-state index is -3.18. The minimum absolute atomic E-state index is 0.0895. The van der Waals surface area contributed by atoms with Gasteiger partial charge in [0.05, 0.1) is 11.4 Å². The van der Waals surface area contributed by atoms with E-state index in [1.165, 1.54) is 0 Å². The van der Waals surface area contributed by atoms with Gasteiger partial charge in [0.25, 0.3) is 0 Å². The van der Waals surface area contributed by atoms with Crippen LogP contribution < -0.4 is 4.72 Å². The molecule has 0 atom stereocenters. The molecule has 1 rings (SSSR count). The van der Waals surface area contributed by atoms with E-state index in [2.05, 4.69) is 20.7 Å². The summed E-state index contributed by atoms with van der Waals surface area (Å²) < 4.78 is 26.3. The Labute approximate surface area is 99.1 Å². The summed E-state index contributed by atoms with van der Waals surface area (Å²) in [4.78, 5) is 0. The number of rotatable bonds is 4. The molecule has 0 amide bonds. The van der Waals surface area contributed by atoms with Crippen LogP contribution in [0, 0.1) is 0 Å². The van der Waals surface area contributed by atoms with Gasteiger partial charge in [0.1, 0.15) is 0 Å². The van der Waals surface area contributed by atoms with Crippen molar-refractivity contribution in [3.8, 4) is 0 Å². The molecule has 0 saturated carbocycles. The van der Waals surface area contributed by atoms with Crippen molar-refractivity contribution in [1.29, 1.82) is 0 Å². The number of aryl methyl sites for hydroxylation is 1. The Balaban J connectivity index is 3.05. The molecule has 0 radical (unpaired) electrons. The largest absolute Gasteiger partial charge is 0.283 e. The Bertz CT molecular complexity index is 443. The average molecular weight is 292 g/mol. The quantitative estimate of drug-likeness (QED) is 0.927. The van der Waals surface area contributed by atoms with Gasteiger partial charge in [-0.2, -0.15) is 0 Å². The highest BCUT2D eigenvalue weighted by Crippen LogP contribution is 2.22. The van der Waals surface area contributed by atoms with Gasteiger partial charge in [0, 0.05) is 4.47 Å². The summed E-state index contributed by atoms with van der Waals surface area (Å²) in [6.07, 6.45) is 0.793. The molecule has 0 aliphatic carbocycles. The maximum atomic E-state index is 11.4. The van der Waals surface area contributed by atoms with Crippen LogP contribution in [0.1, 0.15) is 19.4 Å². The first kappa shape index (κ1) is 12.5. The molecule has 84 valence electrons. The van der Waals surface area contributed by atoms with Crippen LogP contribution >= 0.6 is 15.9 Å². The van der Waals surface area contributed by atoms with Crippen LogP contribution in [0.4, 0.5) is 5.69 Å². The lowest BCUT2D eigenvalue weighted by molar-refractivity contribution is 0.602. The summed E-state index contributed by atoms with van der Waals surface area (Å²) >= 11 is 3.36. The van der Waals surface area contributed by atoms with E-state index in [1.54, 1.807) is 13.0 Å². The molecular formula is C10H14BrNO2S. The monoisotopic (exact) mass is 291 g/mol. The van der Waals surface area contributed by atoms with Crippen LogP contribution in [0.15, 0.2) is 22.7 Å². The molecule has 0 bridgehead atoms. The number of hydrogen-bond donors (Lipinski definition) is 1. The van der Waals surface area contributed by atoms with Crippen LogP contribution in [0.2, 0.25) is 0 Å². The van der Waals surface area contributed by atoms with E-state index in [-0.39, 0.29) is 5.75 Å². The molecule has 1 N–H and O–H groups in total. The summed E-state index contributed by atoms with van der Waals surface area (Å²) in [5.74, 6) is 0.0895. The second-order valence-corrected chi connectivity index (χ2v) is 6.09. The molecule has 0 heterocycles. The summed E-state index contributed by atoms with van der Waals surface area (Å²) in [5.41, 5.74) is 1.66. The third-order valence-electron chi connectivity index (χ3n) is 2.09. The Hall–Kier alpha value is -0.550. The molecule has 0 unspecified atom stereocenters. The highest BCUT2D eigenvalue weighted by Gasteiger charge is 2.09. The van der Waals surface area contributed by atoms with E-state index >= 15 is 0 Å². The average Bonchev–Trinajstić information content (AvgIpc) is 2.20. The van der Waals surface area contributed by atoms with Gasteiger partial charge in [0.2, 0.25) is 10.0 Å². The van der Waals surface area contributed by atoms with E-state index in [9.17, 15) is 8.42 Å². The zero-order chi connectivity index (χ0) is 11.5. The van der Waals surface area contributed by atoms with Gasteiger partial charge in [-0.15, -0.1) is 0 Å². The standard InChI is InChI=1S/C10H14BrNO2S/c1-3-8-7-9(11)5-6-10(8)12-15(13,14)4-2/h5-7,12H,3-4H2,1-2H3. The number of benzene rings is 1. The van der Waals surface area contributed by atoms with Gasteiger partial charge in [-0.3, -0.25) is 4.72 Å². The Morgan fingerprint density at radius 1 is 1.33 bits per heavy atom. The van der Waals surface area contributed by atoms with Crippen LogP contribution in [-0.4, -0.2) is 14.2 Å². The van der Waals surface area contributed by atoms with E-state index in [0.717, 1.165) is 16.5 Å². The van der Waals surface area contributed by atoms with Crippen molar-refractivity contribution in [3.05, 3.63) is 28.2 Å². The third kappa shape index (κ3) is 3.50. The summed E-state index contributed by atoms with van der Waals surface area (Å²) in [6, 6.07) is 5.52. The fourth-order valence-electron chi connectivity index (χ4n) is 1.19. The van der Waals surface area contributed by atoms with Crippen molar-refractivity contribution in [2.75, 3.05) is 10.5 Å². The molecule has 0 aliphatic heterocycles. The lowest BCUT2D eigenvalue weighted by Crippen LogP contribution is -2.15. The second kappa shape index (κ2) is 4.99. The highest BCUT2D eigenvalue weighted by atomic mass is 79.9. The van der Waals surface area contributed by atoms with Gasteiger partial charge < -0.3 is 0 Å². The van der Waals surface area contributed by atoms with Crippen molar-refractivity contribution in [2.24, 2.45) is 0 Å². The molecule has 0 aliphatic rings. The SMILES string of the molecule is CCc1cc(Br)ccc1NS(=O)(=O)CC. The van der Waals surface area contributed by atoms with Crippen molar-refractivity contribution >= 4 is 31.6 Å². The molecule has 0 saturated heterocycles. The first-order chi connectivity index (χ1) is 6.98. The molecule has 1 aromatic rings. The van der Waals surface area contributed by atoms with Crippen LogP contribution in [0.25, 0.3) is 0 Å². The third-order valence-corrected chi connectivity index (χ3v) is 3.88. The van der Waals surface area contributed by atoms with Crippen molar-refractivity contribution in [3.63, 3.8) is 0 Å². The van der Waals surface area contributed by atoms with E-state index in [4.69, 9.17) is 0 Å². The first-order valence-corrected chi connectivity index (χ1v) is 7.22. The van der Waals surface area contributed by atoms with Crippen molar-refractivity contribution < 1.29 is 8.42 Å². The normalized spacial score (nSPS) is 11.4. The van der Waals surface area contributed by atoms with Gasteiger partial charge in [0.15, 0.2) is 0 Å². The van der Waals surface area contributed by atoms with Gasteiger partial charge >= 0.3 is 0 Å². The lowest BCUT2D eigenvalue weighted by atomic mass is 10.1. The summed E-state index contributed by atoms with van der Waals surface area (Å²) in [7, 11) is -3.18. The molecule has 0 aromatic heterocycles. The molecule has 15 heavy (non-hydrogen) atoms. The van der Waals surface area contributed by atoms with Crippen LogP contribution in [-0.2, 0) is 16.4 Å². The first-order valence-electron chi connectivity index (χ1n) is 4.77. The predicted octanol–water partition coefficient (Wildman–Crippen LogP) is 2.77. The Kier molecular flexibility index (Phi) is 4.16. The van der Waals surface area contributed by atoms with Crippen LogP contribution in [0.5, 0.6) is 0 Å². The lowest BCUT2D eigenvalue weighted by Gasteiger charge is -2.10. The molecular weight excluding hydrogens is 278 g/mol. The fourth-order valence-corrected chi connectivity index (χ4v) is 2.28. The Morgan fingerprint density at radius 2 is 2.00 bits per heavy atom. The zero-order valence-corrected chi connectivity index (χ0v) is 11.2. The predicted molar refractivity (Wildman–Crippen MR) is 66.6 cm³/mol. The van der Waals surface area contributed by atoms with Gasteiger partial charge in [-0.05, 0) is 37.1 Å². The van der Waals surface area contributed by atoms with E-state index in [1.807, 2.05) is 19.1 Å². The maximum Gasteiger partial charge on any atom is 0.232 e. The fraction of sp³-hybridized carbons (Fsp3) is 0.400. The smallest absolute Gasteiger partial charge is 0.232 e.